The van der Waals surface area contributed by atoms with Gasteiger partial charge in [-0.05, 0) is 46.4 Å². The first-order valence-corrected chi connectivity index (χ1v) is 11.2. The Morgan fingerprint density at radius 2 is 1.79 bits per heavy atom. The number of hydrogen-bond donors (Lipinski definition) is 3. The summed E-state index contributed by atoms with van der Waals surface area (Å²) < 4.78 is 5.36. The highest BCUT2D eigenvalue weighted by Gasteiger charge is 2.33. The molecule has 2 saturated heterocycles. The molecule has 0 unspecified atom stereocenters. The van der Waals surface area contributed by atoms with Gasteiger partial charge in [0.05, 0.1) is 13.2 Å². The molecule has 3 N–H and O–H groups in total. The van der Waals surface area contributed by atoms with E-state index in [1.54, 1.807) is 6.08 Å². The summed E-state index contributed by atoms with van der Waals surface area (Å²) in [7, 11) is 0. The van der Waals surface area contributed by atoms with E-state index < -0.39 is 11.8 Å². The summed E-state index contributed by atoms with van der Waals surface area (Å²) in [5.74, 6) is -0.316. The van der Waals surface area contributed by atoms with Gasteiger partial charge in [0.25, 0.3) is 11.8 Å². The number of hydrogen-bond acceptors (Lipinski definition) is 8. The van der Waals surface area contributed by atoms with Gasteiger partial charge in [0.1, 0.15) is 5.57 Å². The average Bonchev–Trinajstić information content (AvgIpc) is 3.55. The molecule has 5 rings (SSSR count). The molecular weight excluding hydrogens is 456 g/mol. The fraction of sp³-hybridized carbons (Fsp3) is 0.273. The first-order chi connectivity index (χ1) is 16.6. The molecule has 0 bridgehead atoms. The Kier molecular flexibility index (Phi) is 6.25. The number of nitrogens with one attached hydrogen (secondary N) is 3. The molecule has 2 fully saturated rings. The van der Waals surface area contributed by atoms with Crippen LogP contribution in [-0.4, -0.2) is 91.7 Å². The van der Waals surface area contributed by atoms with Gasteiger partial charge in [-0.25, -0.2) is 5.10 Å². The van der Waals surface area contributed by atoms with Crippen LogP contribution >= 0.6 is 12.2 Å². The molecule has 4 heterocycles. The number of ether oxygens (including phenoxy) is 1. The van der Waals surface area contributed by atoms with Crippen LogP contribution in [0.25, 0.3) is 28.7 Å². The van der Waals surface area contributed by atoms with Crippen molar-refractivity contribution in [1.29, 1.82) is 0 Å². The molecule has 34 heavy (non-hydrogen) atoms. The van der Waals surface area contributed by atoms with E-state index >= 15 is 0 Å². The third-order valence-corrected chi connectivity index (χ3v) is 6.07. The molecule has 2 aliphatic heterocycles. The number of nitrogens with zero attached hydrogens (tertiary/aromatic N) is 5. The van der Waals surface area contributed by atoms with Gasteiger partial charge in [-0.3, -0.25) is 24.7 Å². The second-order valence-corrected chi connectivity index (χ2v) is 8.27. The van der Waals surface area contributed by atoms with Gasteiger partial charge in [0.2, 0.25) is 0 Å². The number of H-pyrrole nitrogens is 2. The maximum atomic E-state index is 13.1. The summed E-state index contributed by atoms with van der Waals surface area (Å²) in [6.45, 7) is 4.03. The van der Waals surface area contributed by atoms with Crippen molar-refractivity contribution in [2.24, 2.45) is 0 Å². The van der Waals surface area contributed by atoms with Crippen molar-refractivity contribution in [3.05, 3.63) is 47.7 Å². The molecule has 0 saturated carbocycles. The smallest absolute Gasteiger partial charge is 0.265 e. The molecule has 2 aromatic heterocycles. The van der Waals surface area contributed by atoms with Crippen molar-refractivity contribution in [1.82, 2.24) is 40.7 Å². The van der Waals surface area contributed by atoms with Crippen molar-refractivity contribution >= 4 is 35.2 Å². The zero-order valence-corrected chi connectivity index (χ0v) is 19.0. The first-order valence-electron chi connectivity index (χ1n) is 10.8. The van der Waals surface area contributed by atoms with E-state index in [-0.39, 0.29) is 10.7 Å². The number of aromatic amines is 2. The first kappa shape index (κ1) is 22.1. The maximum absolute atomic E-state index is 13.1. The minimum atomic E-state index is -0.501. The minimum absolute atomic E-state index is 0.0390. The van der Waals surface area contributed by atoms with Gasteiger partial charge >= 0.3 is 0 Å². The van der Waals surface area contributed by atoms with Gasteiger partial charge in [-0.1, -0.05) is 24.3 Å². The predicted molar refractivity (Wildman–Crippen MR) is 127 cm³/mol. The lowest BCUT2D eigenvalue weighted by Gasteiger charge is -2.32. The van der Waals surface area contributed by atoms with Crippen LogP contribution in [0.15, 0.2) is 42.0 Å². The molecule has 0 spiro atoms. The number of benzene rings is 1. The number of tetrazole rings is 1. The van der Waals surface area contributed by atoms with Gasteiger partial charge in [-0.2, -0.15) is 0 Å². The fourth-order valence-corrected chi connectivity index (χ4v) is 4.14. The molecule has 0 radical (unpaired) electrons. The molecule has 12 heteroatoms. The standard InChI is InChI=1S/C22H22N8O3S/c31-20-17(21(32)30(22(34)24-20)8-7-29-9-11-33-12-10-29)13-16-5-6-18(23-16)14-1-3-15(4-2-14)19-25-27-28-26-19/h1-6,13,23H,7-12H2,(H,24,31,34)(H,25,26,27,28)/b17-13-. The number of thiocarbonyl (C=S) groups is 1. The van der Waals surface area contributed by atoms with Crippen LogP contribution in [-0.2, 0) is 14.3 Å². The summed E-state index contributed by atoms with van der Waals surface area (Å²) in [6, 6.07) is 11.4. The second kappa shape index (κ2) is 9.63. The molecule has 2 amide bonds. The molecule has 2 aliphatic rings. The third-order valence-electron chi connectivity index (χ3n) is 5.75. The molecule has 0 aliphatic carbocycles. The average molecular weight is 479 g/mol. The number of aromatic nitrogens is 5. The zero-order chi connectivity index (χ0) is 23.5. The van der Waals surface area contributed by atoms with Crippen molar-refractivity contribution in [3.63, 3.8) is 0 Å². The normalized spacial score (nSPS) is 18.5. The quantitative estimate of drug-likeness (QED) is 0.270. The highest BCUT2D eigenvalue weighted by molar-refractivity contribution is 7.80. The second-order valence-electron chi connectivity index (χ2n) is 7.88. The Labute approximate surface area is 200 Å². The van der Waals surface area contributed by atoms with E-state index in [1.165, 1.54) is 4.90 Å². The summed E-state index contributed by atoms with van der Waals surface area (Å²) in [6.07, 6.45) is 1.55. The van der Waals surface area contributed by atoms with Crippen LogP contribution in [0, 0.1) is 0 Å². The molecule has 174 valence electrons. The van der Waals surface area contributed by atoms with Crippen molar-refractivity contribution in [2.75, 3.05) is 39.4 Å². The Bertz CT molecular complexity index is 1230. The topological polar surface area (TPSA) is 132 Å². The molecule has 0 atom stereocenters. The van der Waals surface area contributed by atoms with E-state index in [0.717, 1.165) is 29.9 Å². The van der Waals surface area contributed by atoms with Crippen LogP contribution in [0.5, 0.6) is 0 Å². The number of morpholine rings is 1. The monoisotopic (exact) mass is 478 g/mol. The Morgan fingerprint density at radius 3 is 2.53 bits per heavy atom. The summed E-state index contributed by atoms with van der Waals surface area (Å²) in [4.78, 5) is 32.5. The lowest BCUT2D eigenvalue weighted by molar-refractivity contribution is -0.129. The lowest BCUT2D eigenvalue weighted by Crippen LogP contribution is -2.56. The zero-order valence-electron chi connectivity index (χ0n) is 18.2. The van der Waals surface area contributed by atoms with Gasteiger partial charge < -0.3 is 9.72 Å². The predicted octanol–water partition coefficient (Wildman–Crippen LogP) is 0.821. The molecule has 3 aromatic rings. The minimum Gasteiger partial charge on any atom is -0.379 e. The van der Waals surface area contributed by atoms with Crippen LogP contribution in [0.4, 0.5) is 0 Å². The van der Waals surface area contributed by atoms with Gasteiger partial charge in [0.15, 0.2) is 10.9 Å². The van der Waals surface area contributed by atoms with Crippen LogP contribution in [0.1, 0.15) is 5.69 Å². The fourth-order valence-electron chi connectivity index (χ4n) is 3.87. The number of rotatable bonds is 6. The molecule has 1 aromatic carbocycles. The van der Waals surface area contributed by atoms with Crippen LogP contribution < -0.4 is 5.32 Å². The van der Waals surface area contributed by atoms with Crippen molar-refractivity contribution < 1.29 is 14.3 Å². The van der Waals surface area contributed by atoms with E-state index in [0.29, 0.717) is 37.8 Å². The number of carbonyl (C=O) groups excluding carboxylic acids is 2. The van der Waals surface area contributed by atoms with Crippen LogP contribution in [0.2, 0.25) is 0 Å². The Balaban J connectivity index is 1.30. The van der Waals surface area contributed by atoms with Crippen molar-refractivity contribution in [3.8, 4) is 22.6 Å². The van der Waals surface area contributed by atoms with Gasteiger partial charge in [-0.15, -0.1) is 5.10 Å². The summed E-state index contributed by atoms with van der Waals surface area (Å²) >= 11 is 5.25. The highest BCUT2D eigenvalue weighted by atomic mass is 32.1. The molecular formula is C22H22N8O3S. The lowest BCUT2D eigenvalue weighted by atomic mass is 10.1. The number of carbonyl (C=O) groups is 2. The third kappa shape index (κ3) is 4.64. The van der Waals surface area contributed by atoms with E-state index in [4.69, 9.17) is 17.0 Å². The number of amides is 2. The molecule has 11 nitrogen and oxygen atoms in total. The largest absolute Gasteiger partial charge is 0.379 e. The SMILES string of the molecule is O=C1NC(=S)N(CCN2CCOCC2)C(=O)/C1=C\c1ccc(-c2ccc(-c3nnn[nH]3)cc2)[nH]1. The Morgan fingerprint density at radius 1 is 1.03 bits per heavy atom. The Hall–Kier alpha value is -3.74. The summed E-state index contributed by atoms with van der Waals surface area (Å²) in [5.41, 5.74) is 3.32. The maximum Gasteiger partial charge on any atom is 0.265 e. The summed E-state index contributed by atoms with van der Waals surface area (Å²) in [5, 5.41) is 16.6. The highest BCUT2D eigenvalue weighted by Crippen LogP contribution is 2.23. The van der Waals surface area contributed by atoms with Crippen LogP contribution in [0.3, 0.4) is 0 Å². The van der Waals surface area contributed by atoms with Crippen molar-refractivity contribution in [2.45, 2.75) is 0 Å². The van der Waals surface area contributed by atoms with E-state index in [9.17, 15) is 9.59 Å². The van der Waals surface area contributed by atoms with E-state index in [1.807, 2.05) is 36.4 Å². The van der Waals surface area contributed by atoms with E-state index in [2.05, 4.69) is 35.8 Å². The van der Waals surface area contributed by atoms with Gasteiger partial charge in [0, 0.05) is 43.1 Å².